The number of rotatable bonds is 4. The molecule has 0 atom stereocenters. The van der Waals surface area contributed by atoms with Crippen LogP contribution in [0.4, 0.5) is 24.1 Å². The van der Waals surface area contributed by atoms with Crippen molar-refractivity contribution in [1.82, 2.24) is 4.98 Å². The van der Waals surface area contributed by atoms with Gasteiger partial charge in [0.15, 0.2) is 0 Å². The van der Waals surface area contributed by atoms with Gasteiger partial charge in [-0.25, -0.2) is 4.98 Å². The average molecular weight is 302 g/mol. The van der Waals surface area contributed by atoms with Crippen LogP contribution < -0.4 is 15.9 Å². The predicted molar refractivity (Wildman–Crippen MR) is 70.9 cm³/mol. The average Bonchev–Trinajstić information content (AvgIpc) is 2.75. The van der Waals surface area contributed by atoms with Crippen LogP contribution in [0.25, 0.3) is 0 Å². The van der Waals surface area contributed by atoms with Crippen LogP contribution in [0.15, 0.2) is 34.7 Å². The van der Waals surface area contributed by atoms with Gasteiger partial charge in [0.05, 0.1) is 6.21 Å². The summed E-state index contributed by atoms with van der Waals surface area (Å²) < 4.78 is 40.5. The fourth-order valence-corrected chi connectivity index (χ4v) is 1.85. The highest BCUT2D eigenvalue weighted by molar-refractivity contribution is 7.14. The number of benzene rings is 1. The molecular weight excluding hydrogens is 293 g/mol. The molecule has 0 aliphatic carbocycles. The van der Waals surface area contributed by atoms with E-state index in [1.807, 2.05) is 0 Å². The molecule has 5 nitrogen and oxygen atoms in total. The lowest BCUT2D eigenvalue weighted by Crippen LogP contribution is -2.18. The van der Waals surface area contributed by atoms with Crippen molar-refractivity contribution in [3.63, 3.8) is 0 Å². The number of aromatic nitrogens is 1. The number of nitrogen functional groups attached to an aromatic ring is 1. The summed E-state index contributed by atoms with van der Waals surface area (Å²) in [4.78, 5) is 3.88. The van der Waals surface area contributed by atoms with Crippen LogP contribution >= 0.6 is 11.3 Å². The molecule has 0 unspecified atom stereocenters. The smallest absolute Gasteiger partial charge is 0.405 e. The Morgan fingerprint density at radius 1 is 1.35 bits per heavy atom. The lowest BCUT2D eigenvalue weighted by molar-refractivity contribution is -0.274. The molecule has 3 N–H and O–H groups in total. The van der Waals surface area contributed by atoms with E-state index in [1.54, 1.807) is 11.4 Å². The summed E-state index contributed by atoms with van der Waals surface area (Å²) in [6.45, 7) is 0. The quantitative estimate of drug-likeness (QED) is 0.672. The number of anilines is 2. The number of para-hydroxylation sites is 1. The number of nitrogens with zero attached hydrogens (tertiary/aromatic N) is 2. The molecule has 0 aliphatic rings. The first-order chi connectivity index (χ1) is 9.44. The van der Waals surface area contributed by atoms with Gasteiger partial charge < -0.3 is 10.5 Å². The molecule has 1 heterocycles. The van der Waals surface area contributed by atoms with Crippen LogP contribution in [0.1, 0.15) is 5.56 Å². The van der Waals surface area contributed by atoms with E-state index in [0.29, 0.717) is 10.9 Å². The third-order valence-electron chi connectivity index (χ3n) is 2.03. The Hall–Kier alpha value is -2.29. The van der Waals surface area contributed by atoms with Gasteiger partial charge in [-0.3, -0.25) is 5.43 Å². The molecule has 1 aromatic carbocycles. The molecule has 0 bridgehead atoms. The first kappa shape index (κ1) is 14.1. The van der Waals surface area contributed by atoms with Gasteiger partial charge in [0.1, 0.15) is 11.6 Å². The Morgan fingerprint density at radius 3 is 2.75 bits per heavy atom. The maximum absolute atomic E-state index is 12.2. The van der Waals surface area contributed by atoms with Gasteiger partial charge in [-0.1, -0.05) is 12.1 Å². The first-order valence-corrected chi connectivity index (χ1v) is 6.17. The zero-order valence-corrected chi connectivity index (χ0v) is 10.7. The van der Waals surface area contributed by atoms with Crippen molar-refractivity contribution in [3.05, 3.63) is 35.2 Å². The minimum absolute atomic E-state index is 0.182. The number of nitrogens with one attached hydrogen (secondary N) is 1. The zero-order chi connectivity index (χ0) is 14.6. The molecule has 106 valence electrons. The number of hydrogen-bond donors (Lipinski definition) is 2. The zero-order valence-electron chi connectivity index (χ0n) is 9.89. The number of ether oxygens (including phenoxy) is 1. The van der Waals surface area contributed by atoms with Crippen molar-refractivity contribution in [1.29, 1.82) is 0 Å². The van der Waals surface area contributed by atoms with Crippen LogP contribution in [0.2, 0.25) is 0 Å². The summed E-state index contributed by atoms with van der Waals surface area (Å²) >= 11 is 1.23. The van der Waals surface area contributed by atoms with E-state index in [0.717, 1.165) is 0 Å². The number of hydrazone groups is 1. The monoisotopic (exact) mass is 302 g/mol. The van der Waals surface area contributed by atoms with Gasteiger partial charge in [-0.15, -0.1) is 24.5 Å². The Labute approximate surface area is 115 Å². The van der Waals surface area contributed by atoms with E-state index in [9.17, 15) is 13.2 Å². The van der Waals surface area contributed by atoms with Crippen LogP contribution in [-0.2, 0) is 0 Å². The fourth-order valence-electron chi connectivity index (χ4n) is 1.30. The molecule has 20 heavy (non-hydrogen) atoms. The van der Waals surface area contributed by atoms with Crippen molar-refractivity contribution >= 4 is 28.5 Å². The summed E-state index contributed by atoms with van der Waals surface area (Å²) in [5.74, 6) is 0.0118. The van der Waals surface area contributed by atoms with Gasteiger partial charge in [-0.05, 0) is 12.1 Å². The molecule has 2 rings (SSSR count). The predicted octanol–water partition coefficient (Wildman–Crippen LogP) is 3.07. The van der Waals surface area contributed by atoms with Gasteiger partial charge in [0, 0.05) is 10.9 Å². The summed E-state index contributed by atoms with van der Waals surface area (Å²) in [6.07, 6.45) is -3.54. The van der Waals surface area contributed by atoms with Crippen LogP contribution in [0.5, 0.6) is 5.75 Å². The van der Waals surface area contributed by atoms with E-state index in [-0.39, 0.29) is 11.3 Å². The Kier molecular flexibility index (Phi) is 4.08. The maximum Gasteiger partial charge on any atom is 0.573 e. The lowest BCUT2D eigenvalue weighted by Gasteiger charge is -2.10. The highest BCUT2D eigenvalue weighted by Crippen LogP contribution is 2.25. The second-order valence-corrected chi connectivity index (χ2v) is 4.39. The largest absolute Gasteiger partial charge is 0.573 e. The van der Waals surface area contributed by atoms with E-state index in [2.05, 4.69) is 20.2 Å². The van der Waals surface area contributed by atoms with Crippen LogP contribution in [0.3, 0.4) is 0 Å². The van der Waals surface area contributed by atoms with Gasteiger partial charge in [0.2, 0.25) is 5.13 Å². The summed E-state index contributed by atoms with van der Waals surface area (Å²) in [7, 11) is 0. The third kappa shape index (κ3) is 4.12. The number of halogens is 3. The van der Waals surface area contributed by atoms with Gasteiger partial charge in [0.25, 0.3) is 0 Å². The molecule has 0 radical (unpaired) electrons. The van der Waals surface area contributed by atoms with E-state index < -0.39 is 6.36 Å². The molecule has 0 fully saturated rings. The highest BCUT2D eigenvalue weighted by Gasteiger charge is 2.31. The van der Waals surface area contributed by atoms with Crippen molar-refractivity contribution < 1.29 is 17.9 Å². The van der Waals surface area contributed by atoms with Crippen molar-refractivity contribution in [2.45, 2.75) is 6.36 Å². The number of nitrogens with two attached hydrogens (primary N) is 1. The molecular formula is C11H9F3N4OS. The normalized spacial score (nSPS) is 11.8. The number of thiazole rings is 1. The number of alkyl halides is 3. The fraction of sp³-hybridized carbons (Fsp3) is 0.0909. The molecule has 0 saturated heterocycles. The second-order valence-electron chi connectivity index (χ2n) is 3.53. The van der Waals surface area contributed by atoms with E-state index in [4.69, 9.17) is 5.73 Å². The minimum Gasteiger partial charge on any atom is -0.405 e. The van der Waals surface area contributed by atoms with Crippen molar-refractivity contribution in [2.75, 3.05) is 11.2 Å². The van der Waals surface area contributed by atoms with E-state index >= 15 is 0 Å². The van der Waals surface area contributed by atoms with Crippen LogP contribution in [0, 0.1) is 0 Å². The first-order valence-electron chi connectivity index (χ1n) is 5.29. The van der Waals surface area contributed by atoms with Crippen molar-refractivity contribution in [3.8, 4) is 5.75 Å². The molecule has 0 amide bonds. The summed E-state index contributed by atoms with van der Waals surface area (Å²) in [5.41, 5.74) is 8.16. The second kappa shape index (κ2) is 5.78. The van der Waals surface area contributed by atoms with E-state index in [1.165, 1.54) is 35.8 Å². The van der Waals surface area contributed by atoms with Gasteiger partial charge in [-0.2, -0.15) is 5.10 Å². The minimum atomic E-state index is -4.75. The number of hydrogen-bond acceptors (Lipinski definition) is 6. The summed E-state index contributed by atoms with van der Waals surface area (Å²) in [6, 6.07) is 5.66. The molecule has 0 saturated carbocycles. The molecule has 9 heteroatoms. The molecule has 0 spiro atoms. The molecule has 1 aromatic heterocycles. The Morgan fingerprint density at radius 2 is 2.10 bits per heavy atom. The maximum atomic E-state index is 12.2. The lowest BCUT2D eigenvalue weighted by atomic mass is 10.2. The van der Waals surface area contributed by atoms with Gasteiger partial charge >= 0.3 is 6.36 Å². The van der Waals surface area contributed by atoms with Crippen LogP contribution in [-0.4, -0.2) is 17.6 Å². The molecule has 2 aromatic rings. The van der Waals surface area contributed by atoms with Crippen molar-refractivity contribution in [2.24, 2.45) is 5.10 Å². The highest BCUT2D eigenvalue weighted by atomic mass is 32.1. The topological polar surface area (TPSA) is 72.5 Å². The SMILES string of the molecule is Nc1csc(NN=Cc2ccccc2OC(F)(F)F)n1. The standard InChI is InChI=1S/C11H9F3N4OS/c12-11(13,14)19-8-4-2-1-3-7(8)5-16-18-10-17-9(15)6-20-10/h1-6H,15H2,(H,17,18). The third-order valence-corrected chi connectivity index (χ3v) is 2.80. The summed E-state index contributed by atoms with van der Waals surface area (Å²) in [5, 5.41) is 5.83. The Bertz CT molecular complexity index is 612. The molecule has 0 aliphatic heterocycles. The Balaban J connectivity index is 2.08.